The molecule has 1 rings (SSSR count). The monoisotopic (exact) mass is 705 g/mol. The van der Waals surface area contributed by atoms with Crippen LogP contribution in [0.3, 0.4) is 0 Å². The zero-order valence-corrected chi connectivity index (χ0v) is 32.0. The Morgan fingerprint density at radius 1 is 0.580 bits per heavy atom. The van der Waals surface area contributed by atoms with Gasteiger partial charge in [-0.3, -0.25) is 14.9 Å². The van der Waals surface area contributed by atoms with Crippen LogP contribution in [0, 0.1) is 10.8 Å². The van der Waals surface area contributed by atoms with Crippen molar-refractivity contribution in [3.8, 4) is 0 Å². The zero-order chi connectivity index (χ0) is 37.7. The molecule has 0 unspecified atom stereocenters. The number of hydrogen-bond acceptors (Lipinski definition) is 8. The Kier molecular flexibility index (Phi) is 19.9. The Hall–Kier alpha value is -4.03. The molecule has 2 N–H and O–H groups in total. The first-order chi connectivity index (χ1) is 23.4. The van der Waals surface area contributed by atoms with Gasteiger partial charge in [0.1, 0.15) is 6.61 Å². The van der Waals surface area contributed by atoms with Gasteiger partial charge in [0.15, 0.2) is 0 Å². The lowest BCUT2D eigenvalue weighted by Crippen LogP contribution is -2.41. The van der Waals surface area contributed by atoms with Crippen molar-refractivity contribution in [1.29, 1.82) is 0 Å². The quantitative estimate of drug-likeness (QED) is 0.113. The van der Waals surface area contributed by atoms with Gasteiger partial charge in [-0.15, -0.1) is 0 Å². The number of carbonyl (C=O) groups excluding carboxylic acids is 5. The number of carbonyl (C=O) groups is 5. The number of rotatable bonds is 20. The molecule has 0 aliphatic rings. The highest BCUT2D eigenvalue weighted by molar-refractivity contribution is 5.84. The van der Waals surface area contributed by atoms with E-state index in [0.717, 1.165) is 56.9 Å². The van der Waals surface area contributed by atoms with Gasteiger partial charge in [-0.2, -0.15) is 0 Å². The van der Waals surface area contributed by atoms with Crippen LogP contribution in [0.25, 0.3) is 0 Å². The largest absolute Gasteiger partial charge is 0.450 e. The Bertz CT molecular complexity index is 1190. The van der Waals surface area contributed by atoms with E-state index < -0.39 is 29.1 Å². The first-order valence-electron chi connectivity index (χ1n) is 17.7. The number of alkyl carbamates (subject to hydrolysis) is 1. The molecule has 50 heavy (non-hydrogen) atoms. The maximum Gasteiger partial charge on any atom is 0.411 e. The van der Waals surface area contributed by atoms with E-state index in [2.05, 4.69) is 10.6 Å². The van der Waals surface area contributed by atoms with Crippen LogP contribution in [-0.4, -0.2) is 105 Å². The van der Waals surface area contributed by atoms with Crippen LogP contribution >= 0.6 is 0 Å². The molecular formula is C37H63N5O8. The molecule has 0 heterocycles. The number of anilines is 1. The molecule has 0 fully saturated rings. The van der Waals surface area contributed by atoms with Crippen LogP contribution in [0.5, 0.6) is 0 Å². The fourth-order valence-corrected chi connectivity index (χ4v) is 4.80. The van der Waals surface area contributed by atoms with Crippen LogP contribution in [-0.2, 0) is 30.4 Å². The molecule has 1 aromatic carbocycles. The van der Waals surface area contributed by atoms with E-state index in [-0.39, 0.29) is 18.4 Å². The van der Waals surface area contributed by atoms with E-state index in [1.54, 1.807) is 55.2 Å². The van der Waals surface area contributed by atoms with Gasteiger partial charge in [-0.05, 0) is 30.5 Å². The molecule has 0 spiro atoms. The average Bonchev–Trinajstić information content (AvgIpc) is 3.05. The average molecular weight is 706 g/mol. The fraction of sp³-hybridized carbons (Fsp3) is 0.703. The highest BCUT2D eigenvalue weighted by Crippen LogP contribution is 2.17. The maximum absolute atomic E-state index is 12.3. The number of benzene rings is 1. The van der Waals surface area contributed by atoms with Crippen LogP contribution in [0.1, 0.15) is 98.5 Å². The lowest BCUT2D eigenvalue weighted by atomic mass is 9.95. The number of unbranched alkanes of at least 4 members (excludes halogenated alkanes) is 7. The van der Waals surface area contributed by atoms with Gasteiger partial charge in [0.2, 0.25) is 11.8 Å². The van der Waals surface area contributed by atoms with E-state index in [9.17, 15) is 24.0 Å². The summed E-state index contributed by atoms with van der Waals surface area (Å²) in [4.78, 5) is 65.4. The Morgan fingerprint density at radius 3 is 1.52 bits per heavy atom. The second kappa shape index (κ2) is 22.6. The van der Waals surface area contributed by atoms with E-state index in [1.807, 2.05) is 41.5 Å². The number of nitrogens with one attached hydrogen (secondary N) is 2. The summed E-state index contributed by atoms with van der Waals surface area (Å²) in [6.45, 7) is 13.5. The Morgan fingerprint density at radius 2 is 1.02 bits per heavy atom. The van der Waals surface area contributed by atoms with Gasteiger partial charge >= 0.3 is 18.3 Å². The van der Waals surface area contributed by atoms with Crippen LogP contribution in [0.15, 0.2) is 24.3 Å². The molecular weight excluding hydrogens is 642 g/mol. The normalized spacial score (nSPS) is 11.3. The third-order valence-electron chi connectivity index (χ3n) is 7.84. The minimum atomic E-state index is -0.514. The Labute approximate surface area is 299 Å². The predicted octanol–water partition coefficient (Wildman–Crippen LogP) is 6.66. The van der Waals surface area contributed by atoms with E-state index in [4.69, 9.17) is 14.2 Å². The summed E-state index contributed by atoms with van der Waals surface area (Å²) in [6, 6.07) is 6.98. The number of nitrogens with zero attached hydrogens (tertiary/aromatic N) is 3. The number of amides is 5. The van der Waals surface area contributed by atoms with Crippen molar-refractivity contribution >= 4 is 35.8 Å². The van der Waals surface area contributed by atoms with Gasteiger partial charge in [-0.25, -0.2) is 14.4 Å². The molecule has 0 aromatic heterocycles. The fourth-order valence-electron chi connectivity index (χ4n) is 4.80. The molecule has 13 heteroatoms. The molecule has 5 amide bonds. The van der Waals surface area contributed by atoms with Crippen LogP contribution in [0.4, 0.5) is 20.1 Å². The number of hydrogen-bond donors (Lipinski definition) is 2. The maximum atomic E-state index is 12.3. The molecule has 0 aliphatic carbocycles. The van der Waals surface area contributed by atoms with Gasteiger partial charge in [-0.1, -0.05) is 92.2 Å². The number of ether oxygens (including phenoxy) is 3. The summed E-state index contributed by atoms with van der Waals surface area (Å²) in [6.07, 6.45) is 6.45. The minimum Gasteiger partial charge on any atom is -0.450 e. The van der Waals surface area contributed by atoms with Gasteiger partial charge in [0, 0.05) is 63.8 Å². The van der Waals surface area contributed by atoms with Crippen molar-refractivity contribution < 1.29 is 38.2 Å². The Balaban J connectivity index is 2.06. The third-order valence-corrected chi connectivity index (χ3v) is 7.84. The van der Waals surface area contributed by atoms with Crippen molar-refractivity contribution in [3.05, 3.63) is 29.8 Å². The molecule has 0 bridgehead atoms. The van der Waals surface area contributed by atoms with Gasteiger partial charge in [0.25, 0.3) is 0 Å². The smallest absolute Gasteiger partial charge is 0.411 e. The molecule has 0 saturated heterocycles. The van der Waals surface area contributed by atoms with Crippen molar-refractivity contribution in [1.82, 2.24) is 20.0 Å². The van der Waals surface area contributed by atoms with Crippen molar-refractivity contribution in [2.45, 2.75) is 99.5 Å². The summed E-state index contributed by atoms with van der Waals surface area (Å²) in [5.74, 6) is 0.0363. The second-order valence-corrected chi connectivity index (χ2v) is 14.8. The van der Waals surface area contributed by atoms with E-state index in [0.29, 0.717) is 45.1 Å². The van der Waals surface area contributed by atoms with E-state index in [1.165, 1.54) is 4.90 Å². The molecule has 0 aliphatic heterocycles. The number of likely N-dealkylation sites (N-methyl/N-ethyl adjacent to an activating group) is 3. The van der Waals surface area contributed by atoms with Crippen molar-refractivity contribution in [2.24, 2.45) is 10.8 Å². The molecule has 13 nitrogen and oxygen atoms in total. The first kappa shape index (κ1) is 44.0. The highest BCUT2D eigenvalue weighted by atomic mass is 16.6. The minimum absolute atomic E-state index is 0.00771. The summed E-state index contributed by atoms with van der Waals surface area (Å²) in [5, 5.41) is 5.39. The summed E-state index contributed by atoms with van der Waals surface area (Å²) in [5.41, 5.74) is 0.425. The summed E-state index contributed by atoms with van der Waals surface area (Å²) >= 11 is 0. The van der Waals surface area contributed by atoms with Crippen LogP contribution in [0.2, 0.25) is 0 Å². The SMILES string of the molecule is CN(CCN(C)C(=O)C(C)(C)C)C(=O)OCc1ccc(NC(=O)OCCCCCCCCCCOC(=O)NCCN(C)C(=O)C(C)(C)C)cc1. The highest BCUT2D eigenvalue weighted by Gasteiger charge is 2.26. The van der Waals surface area contributed by atoms with Crippen molar-refractivity contribution in [3.63, 3.8) is 0 Å². The lowest BCUT2D eigenvalue weighted by molar-refractivity contribution is -0.138. The second-order valence-electron chi connectivity index (χ2n) is 14.8. The topological polar surface area (TPSA) is 147 Å². The summed E-state index contributed by atoms with van der Waals surface area (Å²) in [7, 11) is 5.08. The lowest BCUT2D eigenvalue weighted by Gasteiger charge is -2.27. The molecule has 0 radical (unpaired) electrons. The summed E-state index contributed by atoms with van der Waals surface area (Å²) < 4.78 is 15.9. The molecule has 0 atom stereocenters. The molecule has 1 aromatic rings. The third kappa shape index (κ3) is 19.2. The van der Waals surface area contributed by atoms with Crippen LogP contribution < -0.4 is 10.6 Å². The standard InChI is InChI=1S/C37H63N5O8/c1-36(2,3)31(43)40(7)23-22-38-33(45)48-26-16-14-12-10-11-13-15-17-27-49-34(46)39-30-20-18-29(19-21-30)28-50-35(47)42(9)25-24-41(8)32(44)37(4,5)6/h18-21H,10-17,22-28H2,1-9H3,(H,38,45)(H,39,46). The van der Waals surface area contributed by atoms with Crippen molar-refractivity contribution in [2.75, 3.05) is 65.9 Å². The zero-order valence-electron chi connectivity index (χ0n) is 32.0. The molecule has 0 saturated carbocycles. The van der Waals surface area contributed by atoms with Gasteiger partial charge < -0.3 is 34.2 Å². The first-order valence-corrected chi connectivity index (χ1v) is 17.7. The van der Waals surface area contributed by atoms with E-state index >= 15 is 0 Å². The van der Waals surface area contributed by atoms with Gasteiger partial charge in [0.05, 0.1) is 13.2 Å². The molecule has 284 valence electrons. The predicted molar refractivity (Wildman–Crippen MR) is 195 cm³/mol.